The summed E-state index contributed by atoms with van der Waals surface area (Å²) >= 11 is 6.46. The van der Waals surface area contributed by atoms with Gasteiger partial charge in [-0.25, -0.2) is 9.78 Å². The van der Waals surface area contributed by atoms with Crippen LogP contribution < -0.4 is 5.69 Å². The molecule has 0 saturated heterocycles. The highest BCUT2D eigenvalue weighted by atomic mass is 35.5. The average Bonchev–Trinajstić information content (AvgIpc) is 3.03. The zero-order valence-corrected chi connectivity index (χ0v) is 13.4. The molecule has 0 aliphatic heterocycles. The number of benzene rings is 2. The van der Waals surface area contributed by atoms with Crippen LogP contribution in [0.4, 0.5) is 0 Å². The standard InChI is InChI=1S/C18H13ClN4O/c19-16-9-13(6-7-14(16)8-12-4-2-1-3-5-12)15-10-22-23-17(15)20-11-21-18(23)24/h1-7,9-11H,8H2,(H,20,21,24). The lowest BCUT2D eigenvalue weighted by atomic mass is 10.0. The number of H-pyrrole nitrogens is 1. The third kappa shape index (κ3) is 2.59. The maximum Gasteiger partial charge on any atom is 0.349 e. The van der Waals surface area contributed by atoms with E-state index in [1.165, 1.54) is 16.4 Å². The predicted octanol–water partition coefficient (Wildman–Crippen LogP) is 3.33. The monoisotopic (exact) mass is 336 g/mol. The predicted molar refractivity (Wildman–Crippen MR) is 93.3 cm³/mol. The second kappa shape index (κ2) is 5.94. The van der Waals surface area contributed by atoms with Crippen LogP contribution >= 0.6 is 11.6 Å². The molecule has 0 atom stereocenters. The van der Waals surface area contributed by atoms with Crippen molar-refractivity contribution >= 4 is 17.2 Å². The van der Waals surface area contributed by atoms with Gasteiger partial charge in [-0.05, 0) is 29.2 Å². The maximum absolute atomic E-state index is 11.7. The molecule has 4 rings (SSSR count). The highest BCUT2D eigenvalue weighted by Gasteiger charge is 2.11. The van der Waals surface area contributed by atoms with Crippen LogP contribution in [0.25, 0.3) is 16.8 Å². The van der Waals surface area contributed by atoms with Crippen molar-refractivity contribution in [3.8, 4) is 11.1 Å². The first-order valence-corrected chi connectivity index (χ1v) is 7.84. The summed E-state index contributed by atoms with van der Waals surface area (Å²) in [6, 6.07) is 16.0. The Morgan fingerprint density at radius 3 is 2.75 bits per heavy atom. The Bertz CT molecular complexity index is 1070. The van der Waals surface area contributed by atoms with Gasteiger partial charge < -0.3 is 0 Å². The van der Waals surface area contributed by atoms with Gasteiger partial charge in [0.2, 0.25) is 0 Å². The van der Waals surface area contributed by atoms with Gasteiger partial charge in [0.25, 0.3) is 0 Å². The van der Waals surface area contributed by atoms with Crippen LogP contribution in [0, 0.1) is 0 Å². The zero-order valence-electron chi connectivity index (χ0n) is 12.6. The first kappa shape index (κ1) is 14.7. The Balaban J connectivity index is 1.73. The van der Waals surface area contributed by atoms with Gasteiger partial charge in [-0.3, -0.25) is 4.98 Å². The minimum absolute atomic E-state index is 0.321. The quantitative estimate of drug-likeness (QED) is 0.624. The highest BCUT2D eigenvalue weighted by molar-refractivity contribution is 6.31. The molecule has 0 saturated carbocycles. The van der Waals surface area contributed by atoms with Crippen LogP contribution in [-0.2, 0) is 6.42 Å². The summed E-state index contributed by atoms with van der Waals surface area (Å²) in [6.07, 6.45) is 3.76. The van der Waals surface area contributed by atoms with E-state index >= 15 is 0 Å². The normalized spacial score (nSPS) is 11.0. The molecule has 4 aromatic rings. The third-order valence-corrected chi connectivity index (χ3v) is 4.26. The molecule has 24 heavy (non-hydrogen) atoms. The number of aromatic nitrogens is 4. The van der Waals surface area contributed by atoms with Gasteiger partial charge in [0.15, 0.2) is 5.65 Å². The molecular weight excluding hydrogens is 324 g/mol. The van der Waals surface area contributed by atoms with E-state index in [0.717, 1.165) is 23.1 Å². The molecule has 0 aliphatic rings. The van der Waals surface area contributed by atoms with E-state index in [4.69, 9.17) is 11.6 Å². The van der Waals surface area contributed by atoms with Crippen molar-refractivity contribution in [1.29, 1.82) is 0 Å². The molecule has 2 heterocycles. The number of hydrogen-bond donors (Lipinski definition) is 1. The number of rotatable bonds is 3. The fourth-order valence-electron chi connectivity index (χ4n) is 2.70. The average molecular weight is 337 g/mol. The van der Waals surface area contributed by atoms with E-state index in [2.05, 4.69) is 27.2 Å². The molecule has 0 radical (unpaired) electrons. The van der Waals surface area contributed by atoms with Crippen molar-refractivity contribution < 1.29 is 0 Å². The van der Waals surface area contributed by atoms with Gasteiger partial charge in [0.1, 0.15) is 0 Å². The zero-order chi connectivity index (χ0) is 16.5. The number of halogens is 1. The molecule has 1 N–H and O–H groups in total. The Labute approximate surface area is 142 Å². The van der Waals surface area contributed by atoms with Crippen LogP contribution in [0.2, 0.25) is 5.02 Å². The van der Waals surface area contributed by atoms with E-state index < -0.39 is 0 Å². The summed E-state index contributed by atoms with van der Waals surface area (Å²) in [5.41, 5.74) is 4.09. The highest BCUT2D eigenvalue weighted by Crippen LogP contribution is 2.28. The summed E-state index contributed by atoms with van der Waals surface area (Å²) in [4.78, 5) is 18.4. The lowest BCUT2D eigenvalue weighted by Crippen LogP contribution is -2.17. The van der Waals surface area contributed by atoms with Crippen molar-refractivity contribution in [2.75, 3.05) is 0 Å². The van der Waals surface area contributed by atoms with Gasteiger partial charge >= 0.3 is 5.69 Å². The van der Waals surface area contributed by atoms with Gasteiger partial charge in [0, 0.05) is 10.6 Å². The molecule has 2 aromatic heterocycles. The van der Waals surface area contributed by atoms with Gasteiger partial charge in [-0.1, -0.05) is 54.1 Å². The maximum atomic E-state index is 11.7. The van der Waals surface area contributed by atoms with Crippen LogP contribution in [0.3, 0.4) is 0 Å². The lowest BCUT2D eigenvalue weighted by Gasteiger charge is -2.07. The molecule has 6 heteroatoms. The van der Waals surface area contributed by atoms with Crippen LogP contribution in [0.15, 0.2) is 65.8 Å². The topological polar surface area (TPSA) is 63.0 Å². The summed E-state index contributed by atoms with van der Waals surface area (Å²) in [6.45, 7) is 0. The van der Waals surface area contributed by atoms with Gasteiger partial charge in [-0.15, -0.1) is 0 Å². The molecule has 0 aliphatic carbocycles. The van der Waals surface area contributed by atoms with Gasteiger partial charge in [-0.2, -0.15) is 9.61 Å². The Hall–Kier alpha value is -2.92. The summed E-state index contributed by atoms with van der Waals surface area (Å²) < 4.78 is 1.24. The van der Waals surface area contributed by atoms with Crippen LogP contribution in [0.5, 0.6) is 0 Å². The second-order valence-electron chi connectivity index (χ2n) is 5.47. The van der Waals surface area contributed by atoms with Crippen LogP contribution in [0.1, 0.15) is 11.1 Å². The molecule has 5 nitrogen and oxygen atoms in total. The molecule has 2 aromatic carbocycles. The summed E-state index contributed by atoms with van der Waals surface area (Å²) in [5.74, 6) is 0. The molecular formula is C18H13ClN4O. The van der Waals surface area contributed by atoms with E-state index in [1.807, 2.05) is 36.4 Å². The van der Waals surface area contributed by atoms with Crippen molar-refractivity contribution in [3.05, 3.63) is 87.7 Å². The number of fused-ring (bicyclic) bond motifs is 1. The smallest absolute Gasteiger partial charge is 0.296 e. The third-order valence-electron chi connectivity index (χ3n) is 3.91. The number of nitrogens with one attached hydrogen (secondary N) is 1. The fraction of sp³-hybridized carbons (Fsp3) is 0.0556. The first-order chi connectivity index (χ1) is 11.7. The molecule has 0 spiro atoms. The van der Waals surface area contributed by atoms with Gasteiger partial charge in [0.05, 0.1) is 12.5 Å². The number of aromatic amines is 1. The van der Waals surface area contributed by atoms with E-state index in [9.17, 15) is 4.79 Å². The summed E-state index contributed by atoms with van der Waals surface area (Å²) in [7, 11) is 0. The Kier molecular flexibility index (Phi) is 3.63. The first-order valence-electron chi connectivity index (χ1n) is 7.46. The molecule has 0 unspecified atom stereocenters. The van der Waals surface area contributed by atoms with Crippen molar-refractivity contribution in [2.45, 2.75) is 6.42 Å². The molecule has 0 amide bonds. The second-order valence-corrected chi connectivity index (χ2v) is 5.88. The van der Waals surface area contributed by atoms with E-state index in [1.54, 1.807) is 6.20 Å². The van der Waals surface area contributed by atoms with E-state index in [-0.39, 0.29) is 5.69 Å². The molecule has 0 fully saturated rings. The molecule has 0 bridgehead atoms. The Morgan fingerprint density at radius 2 is 1.96 bits per heavy atom. The van der Waals surface area contributed by atoms with Crippen LogP contribution in [-0.4, -0.2) is 19.6 Å². The van der Waals surface area contributed by atoms with Crippen molar-refractivity contribution in [2.24, 2.45) is 0 Å². The lowest BCUT2D eigenvalue weighted by molar-refractivity contribution is 0.840. The van der Waals surface area contributed by atoms with Crippen molar-refractivity contribution in [1.82, 2.24) is 19.6 Å². The van der Waals surface area contributed by atoms with E-state index in [0.29, 0.717) is 10.7 Å². The largest absolute Gasteiger partial charge is 0.349 e. The number of hydrogen-bond acceptors (Lipinski definition) is 3. The number of nitrogens with zero attached hydrogens (tertiary/aromatic N) is 3. The summed E-state index contributed by atoms with van der Waals surface area (Å²) in [5, 5.41) is 4.76. The Morgan fingerprint density at radius 1 is 1.12 bits per heavy atom. The SMILES string of the molecule is O=c1[nH]cnc2c(-c3ccc(Cc4ccccc4)c(Cl)c3)cnn12. The molecule has 118 valence electrons. The minimum Gasteiger partial charge on any atom is -0.296 e. The van der Waals surface area contributed by atoms with Crippen molar-refractivity contribution in [3.63, 3.8) is 0 Å². The fourth-order valence-corrected chi connectivity index (χ4v) is 2.95. The minimum atomic E-state index is -0.321.